The quantitative estimate of drug-likeness (QED) is 0.0212. The molecule has 0 aromatic heterocycles. The molecule has 0 saturated carbocycles. The van der Waals surface area contributed by atoms with Gasteiger partial charge in [-0.2, -0.15) is 0 Å². The van der Waals surface area contributed by atoms with Gasteiger partial charge in [0.05, 0.1) is 18.6 Å². The summed E-state index contributed by atoms with van der Waals surface area (Å²) in [6, 6.07) is 18.2. The van der Waals surface area contributed by atoms with E-state index < -0.39 is 102 Å². The summed E-state index contributed by atoms with van der Waals surface area (Å²) in [4.78, 5) is 113. The van der Waals surface area contributed by atoms with Crippen LogP contribution >= 0.6 is 23.4 Å². The molecule has 0 heterocycles. The molecule has 0 spiro atoms. The van der Waals surface area contributed by atoms with E-state index in [0.29, 0.717) is 28.5 Å². The van der Waals surface area contributed by atoms with Crippen molar-refractivity contribution in [2.75, 3.05) is 46.5 Å². The summed E-state index contributed by atoms with van der Waals surface area (Å²) in [6.07, 6.45) is 4.26. The van der Waals surface area contributed by atoms with Gasteiger partial charge in [0.2, 0.25) is 29.5 Å². The van der Waals surface area contributed by atoms with Gasteiger partial charge < -0.3 is 50.0 Å². The SMILES string of the molecule is C/C=C(\C)[C@@H](OC(=O)C(C)(C)NC(=O)OCC1c2ccccc2-c2ccccc21)[C@@H](C)[C@H](C/C=C(\C)C(=O)N(C)[C@H](CC(C)C)C(=O)N[C@@H](C)C(=O)N(C)[C@H](Cc1ccc(Cl)cc1)C(=O)N(C)CC(=O)N[C@H](C(=O)O)[C@H](C)CC)OCSC. The number of alkyl carbamates (subject to hydrolysis) is 1. The summed E-state index contributed by atoms with van der Waals surface area (Å²) in [7, 11) is 4.33. The van der Waals surface area contributed by atoms with Crippen LogP contribution in [0.3, 0.4) is 0 Å². The molecule has 1 aliphatic carbocycles. The standard InChI is InChI=1S/C63H87ClN6O12S/c1-16-38(5)54(60(76)77)66-53(71)34-68(12)59(75)51(33-43-27-29-44(64)30-28-43)70(14)58(74)42(9)65-56(72)50(32-37(3)4)69(13)57(73)40(7)26-31-52(81-36-83-15)41(8)55(39(6)17-2)82-61(78)63(10,11)67-62(79)80-35-49-47-24-20-18-22-45(47)46-23-19-21-25-48(46)49/h17-30,37-38,41-42,49-52,54-55H,16,31-36H2,1-15H3,(H,65,72)(H,66,71)(H,67,79)(H,76,77)/b39-17+,40-26+/t38-,41+,42+,50-,51-,52+,54+,55-/m1/s1. The zero-order valence-corrected chi connectivity index (χ0v) is 52.4. The molecule has 1 aliphatic rings. The molecular formula is C63H87ClN6O12S. The molecule has 3 aromatic carbocycles. The number of halogens is 1. The Kier molecular flexibility index (Phi) is 26.4. The molecule has 0 bridgehead atoms. The van der Waals surface area contributed by atoms with Crippen molar-refractivity contribution in [3.63, 3.8) is 0 Å². The number of esters is 1. The van der Waals surface area contributed by atoms with Crippen LogP contribution in [-0.4, -0.2) is 156 Å². The average Bonchev–Trinajstić information content (AvgIpc) is 2.57. The molecule has 0 aliphatic heterocycles. The third-order valence-electron chi connectivity index (χ3n) is 15.4. The van der Waals surface area contributed by atoms with Crippen molar-refractivity contribution in [2.24, 2.45) is 17.8 Å². The van der Waals surface area contributed by atoms with E-state index in [0.717, 1.165) is 32.7 Å². The average molecular weight is 1190 g/mol. The lowest BCUT2D eigenvalue weighted by Crippen LogP contribution is -2.57. The number of aliphatic carboxylic acids is 1. The number of benzene rings is 3. The molecule has 4 rings (SSSR count). The molecule has 3 aromatic rings. The van der Waals surface area contributed by atoms with Crippen LogP contribution in [0.5, 0.6) is 0 Å². The van der Waals surface area contributed by atoms with E-state index in [1.165, 1.54) is 49.6 Å². The number of carboxylic acids is 1. The van der Waals surface area contributed by atoms with E-state index in [4.69, 9.17) is 25.8 Å². The molecule has 20 heteroatoms. The maximum atomic E-state index is 14.3. The van der Waals surface area contributed by atoms with E-state index in [1.807, 2.05) is 95.5 Å². The molecular weight excluding hydrogens is 1100 g/mol. The van der Waals surface area contributed by atoms with Crippen molar-refractivity contribution >= 4 is 70.9 Å². The minimum Gasteiger partial charge on any atom is -0.480 e. The first kappa shape index (κ1) is 68.8. The molecule has 6 amide bonds. The van der Waals surface area contributed by atoms with Gasteiger partial charge in [-0.05, 0) is 118 Å². The number of hydrogen-bond donors (Lipinski definition) is 4. The normalized spacial score (nSPS) is 15.4. The van der Waals surface area contributed by atoms with Crippen molar-refractivity contribution < 1.29 is 57.7 Å². The number of ether oxygens (including phenoxy) is 3. The molecule has 0 radical (unpaired) electrons. The van der Waals surface area contributed by atoms with Gasteiger partial charge in [0.15, 0.2) is 0 Å². The van der Waals surface area contributed by atoms with Crippen molar-refractivity contribution in [3.8, 4) is 11.1 Å². The Morgan fingerprint density at radius 2 is 1.41 bits per heavy atom. The first-order valence-corrected chi connectivity index (χ1v) is 30.0. The first-order valence-electron chi connectivity index (χ1n) is 28.2. The first-order chi connectivity index (χ1) is 39.1. The van der Waals surface area contributed by atoms with E-state index in [-0.39, 0.29) is 43.6 Å². The Bertz CT molecular complexity index is 2780. The number of allylic oxidation sites excluding steroid dienone is 1. The number of carbonyl (C=O) groups is 8. The van der Waals surface area contributed by atoms with Crippen LogP contribution in [0.1, 0.15) is 118 Å². The molecule has 18 nitrogen and oxygen atoms in total. The number of rotatable bonds is 30. The van der Waals surface area contributed by atoms with Crippen LogP contribution in [-0.2, 0) is 54.2 Å². The van der Waals surface area contributed by atoms with Crippen molar-refractivity contribution in [2.45, 2.75) is 150 Å². The van der Waals surface area contributed by atoms with E-state index in [2.05, 4.69) is 16.0 Å². The maximum Gasteiger partial charge on any atom is 0.408 e. The third-order valence-corrected chi connectivity index (χ3v) is 16.0. The number of thioether (sulfide) groups is 1. The number of amides is 6. The van der Waals surface area contributed by atoms with Gasteiger partial charge >= 0.3 is 18.0 Å². The summed E-state index contributed by atoms with van der Waals surface area (Å²) in [5.74, 6) is -5.67. The molecule has 4 N–H and O–H groups in total. The minimum absolute atomic E-state index is 0.0123. The second-order valence-electron chi connectivity index (χ2n) is 22.6. The fourth-order valence-electron chi connectivity index (χ4n) is 9.97. The van der Waals surface area contributed by atoms with Gasteiger partial charge in [0.25, 0.3) is 0 Å². The Balaban J connectivity index is 1.47. The summed E-state index contributed by atoms with van der Waals surface area (Å²) in [5.41, 5.74) is 4.49. The Morgan fingerprint density at radius 1 is 0.819 bits per heavy atom. The predicted molar refractivity (Wildman–Crippen MR) is 324 cm³/mol. The zero-order valence-electron chi connectivity index (χ0n) is 50.9. The smallest absolute Gasteiger partial charge is 0.408 e. The number of likely N-dealkylation sites (N-methyl/N-ethyl adjacent to an activating group) is 3. The third kappa shape index (κ3) is 18.9. The van der Waals surface area contributed by atoms with E-state index in [9.17, 15) is 43.5 Å². The lowest BCUT2D eigenvalue weighted by atomic mass is 9.90. The largest absolute Gasteiger partial charge is 0.480 e. The summed E-state index contributed by atoms with van der Waals surface area (Å²) in [6.45, 7) is 18.7. The number of carbonyl (C=O) groups excluding carboxylic acids is 7. The monoisotopic (exact) mass is 1190 g/mol. The number of nitrogens with zero attached hydrogens (tertiary/aromatic N) is 3. The van der Waals surface area contributed by atoms with Gasteiger partial charge in [-0.25, -0.2) is 14.4 Å². The highest BCUT2D eigenvalue weighted by Gasteiger charge is 2.40. The highest BCUT2D eigenvalue weighted by Crippen LogP contribution is 2.44. The van der Waals surface area contributed by atoms with Gasteiger partial charge in [-0.15, -0.1) is 11.8 Å². The second kappa shape index (κ2) is 31.8. The molecule has 0 unspecified atom stereocenters. The molecule has 0 fully saturated rings. The lowest BCUT2D eigenvalue weighted by molar-refractivity contribution is -0.158. The molecule has 0 saturated heterocycles. The van der Waals surface area contributed by atoms with Crippen molar-refractivity contribution in [3.05, 3.63) is 118 Å². The van der Waals surface area contributed by atoms with Crippen molar-refractivity contribution in [1.82, 2.24) is 30.7 Å². The Hall–Kier alpha value is -6.70. The zero-order chi connectivity index (χ0) is 62.0. The second-order valence-corrected chi connectivity index (χ2v) is 23.8. The van der Waals surface area contributed by atoms with E-state index in [1.54, 1.807) is 65.0 Å². The topological polar surface area (TPSA) is 230 Å². The highest BCUT2D eigenvalue weighted by atomic mass is 35.5. The molecule has 454 valence electrons. The number of nitrogens with one attached hydrogen (secondary N) is 3. The minimum atomic E-state index is -1.50. The van der Waals surface area contributed by atoms with Crippen LogP contribution in [0, 0.1) is 17.8 Å². The molecule has 83 heavy (non-hydrogen) atoms. The van der Waals surface area contributed by atoms with Crippen LogP contribution in [0.4, 0.5) is 4.79 Å². The van der Waals surface area contributed by atoms with Crippen LogP contribution in [0.25, 0.3) is 11.1 Å². The van der Waals surface area contributed by atoms with Crippen molar-refractivity contribution in [1.29, 1.82) is 0 Å². The summed E-state index contributed by atoms with van der Waals surface area (Å²) < 4.78 is 18.4. The Morgan fingerprint density at radius 3 is 1.95 bits per heavy atom. The molecule has 8 atom stereocenters. The maximum absolute atomic E-state index is 14.3. The summed E-state index contributed by atoms with van der Waals surface area (Å²) >= 11 is 7.61. The number of carboxylic acid groups (broad SMARTS) is 1. The van der Waals surface area contributed by atoms with Crippen LogP contribution in [0.15, 0.2) is 96.1 Å². The highest BCUT2D eigenvalue weighted by molar-refractivity contribution is 7.98. The number of hydrogen-bond acceptors (Lipinski definition) is 12. The van der Waals surface area contributed by atoms with E-state index >= 15 is 0 Å². The van der Waals surface area contributed by atoms with Gasteiger partial charge in [0, 0.05) is 50.0 Å². The van der Waals surface area contributed by atoms with Gasteiger partial charge in [0.1, 0.15) is 42.4 Å². The van der Waals surface area contributed by atoms with Gasteiger partial charge in [-0.1, -0.05) is 125 Å². The lowest BCUT2D eigenvalue weighted by Gasteiger charge is -2.34. The summed E-state index contributed by atoms with van der Waals surface area (Å²) in [5, 5.41) is 18.2. The van der Waals surface area contributed by atoms with Gasteiger partial charge in [-0.3, -0.25) is 24.0 Å². The Labute approximate surface area is 499 Å². The van der Waals surface area contributed by atoms with Crippen LogP contribution in [0.2, 0.25) is 5.02 Å². The van der Waals surface area contributed by atoms with Crippen LogP contribution < -0.4 is 16.0 Å². The fraction of sp³-hybridized carbons (Fsp3) is 0.524. The predicted octanol–water partition coefficient (Wildman–Crippen LogP) is 9.03. The fourth-order valence-corrected chi connectivity index (χ4v) is 10.4. The number of fused-ring (bicyclic) bond motifs is 3.